The van der Waals surface area contributed by atoms with Crippen LogP contribution in [0.3, 0.4) is 0 Å². The van der Waals surface area contributed by atoms with Crippen molar-refractivity contribution in [3.05, 3.63) is 210 Å². The molecule has 0 bridgehead atoms. The van der Waals surface area contributed by atoms with Gasteiger partial charge >= 0.3 is 0 Å². The van der Waals surface area contributed by atoms with E-state index >= 15 is 0 Å². The first-order chi connectivity index (χ1) is 31.7. The maximum Gasteiger partial charge on any atom is 0.164 e. The molecule has 3 aromatic heterocycles. The zero-order valence-corrected chi connectivity index (χ0v) is 34.7. The third-order valence-electron chi connectivity index (χ3n) is 12.4. The van der Waals surface area contributed by atoms with Crippen molar-refractivity contribution in [1.82, 2.24) is 24.1 Å². The predicted octanol–water partition coefficient (Wildman–Crippen LogP) is 12.5. The molecule has 1 aliphatic rings. The van der Waals surface area contributed by atoms with E-state index in [1.54, 1.807) is 0 Å². The minimum Gasteiger partial charge on any atom is -0.310 e. The fraction of sp³-hybridized carbons (Fsp3) is 0.0345. The van der Waals surface area contributed by atoms with Crippen LogP contribution in [0.2, 0.25) is 0 Å². The van der Waals surface area contributed by atoms with E-state index in [1.807, 2.05) is 72.8 Å². The Bertz CT molecular complexity index is 3710. The quantitative estimate of drug-likeness (QED) is 0.161. The van der Waals surface area contributed by atoms with E-state index in [-0.39, 0.29) is 0 Å². The molecule has 0 saturated heterocycles. The van der Waals surface area contributed by atoms with Crippen molar-refractivity contribution >= 4 is 44.9 Å². The highest BCUT2D eigenvalue weighted by molar-refractivity contribution is 6.10. The van der Waals surface area contributed by atoms with Crippen molar-refractivity contribution < 1.29 is 0 Å². The van der Waals surface area contributed by atoms with Crippen molar-refractivity contribution in [2.45, 2.75) is 12.8 Å². The minimum atomic E-state index is 0.512. The molecule has 0 unspecified atom stereocenters. The summed E-state index contributed by atoms with van der Waals surface area (Å²) >= 11 is 0. The van der Waals surface area contributed by atoms with Gasteiger partial charge in [-0.05, 0) is 95.8 Å². The summed E-state index contributed by atoms with van der Waals surface area (Å²) in [6, 6.07) is 69.9. The van der Waals surface area contributed by atoms with E-state index in [9.17, 15) is 5.26 Å². The Morgan fingerprint density at radius 3 is 1.70 bits per heavy atom. The predicted molar refractivity (Wildman–Crippen MR) is 260 cm³/mol. The minimum absolute atomic E-state index is 0.512. The van der Waals surface area contributed by atoms with Crippen molar-refractivity contribution in [3.8, 4) is 73.9 Å². The topological polar surface area (TPSA) is 72.3 Å². The van der Waals surface area contributed by atoms with Crippen LogP contribution in [0.15, 0.2) is 194 Å². The molecule has 64 heavy (non-hydrogen) atoms. The van der Waals surface area contributed by atoms with Crippen molar-refractivity contribution in [1.29, 1.82) is 5.26 Å². The molecule has 3 heterocycles. The van der Waals surface area contributed by atoms with Crippen LogP contribution in [0.4, 0.5) is 0 Å². The summed E-state index contributed by atoms with van der Waals surface area (Å²) in [4.78, 5) is 14.9. The SMILES string of the molecule is N#Cc1cc(-c2nc(-c3ccccc3)nc(-c3ccccc3)n2)cc(-c2cccc3c2c2c(n3-c3ccc(-c4ccc5c6ccccc6n(-c6ccccc6)c5c4)cc3)=CCCC=2)c1. The van der Waals surface area contributed by atoms with Gasteiger partial charge in [-0.3, -0.25) is 0 Å². The molecule has 0 atom stereocenters. The second-order valence-corrected chi connectivity index (χ2v) is 16.2. The molecule has 0 aliphatic heterocycles. The zero-order chi connectivity index (χ0) is 42.6. The molecular formula is C58H38N6. The molecule has 0 amide bonds. The van der Waals surface area contributed by atoms with Gasteiger partial charge in [-0.2, -0.15) is 5.26 Å². The molecule has 12 rings (SSSR count). The molecule has 6 nitrogen and oxygen atoms in total. The lowest BCUT2D eigenvalue weighted by Gasteiger charge is -2.12. The van der Waals surface area contributed by atoms with Crippen molar-refractivity contribution in [2.75, 3.05) is 0 Å². The fourth-order valence-electron chi connectivity index (χ4n) is 9.48. The van der Waals surface area contributed by atoms with Gasteiger partial charge in [0, 0.05) is 54.8 Å². The lowest BCUT2D eigenvalue weighted by Crippen LogP contribution is -2.30. The number of fused-ring (bicyclic) bond motifs is 6. The van der Waals surface area contributed by atoms with Crippen LogP contribution in [0.5, 0.6) is 0 Å². The number of nitriles is 1. The smallest absolute Gasteiger partial charge is 0.164 e. The van der Waals surface area contributed by atoms with Gasteiger partial charge < -0.3 is 9.13 Å². The molecule has 11 aromatic rings. The van der Waals surface area contributed by atoms with Gasteiger partial charge in [0.05, 0.1) is 28.2 Å². The Balaban J connectivity index is 0.978. The first-order valence-electron chi connectivity index (χ1n) is 21.6. The summed E-state index contributed by atoms with van der Waals surface area (Å²) < 4.78 is 4.76. The van der Waals surface area contributed by atoms with E-state index in [4.69, 9.17) is 15.0 Å². The highest BCUT2D eigenvalue weighted by Crippen LogP contribution is 2.36. The fourth-order valence-corrected chi connectivity index (χ4v) is 9.48. The van der Waals surface area contributed by atoms with E-state index < -0.39 is 0 Å². The van der Waals surface area contributed by atoms with Crippen molar-refractivity contribution in [2.24, 2.45) is 0 Å². The van der Waals surface area contributed by atoms with Crippen LogP contribution < -0.4 is 10.6 Å². The van der Waals surface area contributed by atoms with Crippen LogP contribution in [0.1, 0.15) is 18.4 Å². The van der Waals surface area contributed by atoms with Gasteiger partial charge in [0.1, 0.15) is 0 Å². The van der Waals surface area contributed by atoms with E-state index in [2.05, 4.69) is 149 Å². The molecule has 0 fully saturated rings. The van der Waals surface area contributed by atoms with E-state index in [0.717, 1.165) is 68.5 Å². The van der Waals surface area contributed by atoms with Gasteiger partial charge in [-0.15, -0.1) is 0 Å². The van der Waals surface area contributed by atoms with Crippen LogP contribution in [-0.2, 0) is 0 Å². The third kappa shape index (κ3) is 6.30. The van der Waals surface area contributed by atoms with Gasteiger partial charge in [-0.1, -0.05) is 146 Å². The Kier molecular flexibility index (Phi) is 8.91. The molecule has 0 N–H and O–H groups in total. The molecule has 6 heteroatoms. The van der Waals surface area contributed by atoms with Gasteiger partial charge in [0.2, 0.25) is 0 Å². The second kappa shape index (κ2) is 15.4. The molecular weight excluding hydrogens is 781 g/mol. The van der Waals surface area contributed by atoms with Crippen LogP contribution >= 0.6 is 0 Å². The van der Waals surface area contributed by atoms with Gasteiger partial charge in [0.15, 0.2) is 17.5 Å². The van der Waals surface area contributed by atoms with Crippen LogP contribution in [0.25, 0.3) is 113 Å². The van der Waals surface area contributed by atoms with Crippen molar-refractivity contribution in [3.63, 3.8) is 0 Å². The Labute approximate surface area is 369 Å². The van der Waals surface area contributed by atoms with E-state index in [1.165, 1.54) is 37.9 Å². The standard InChI is InChI=1S/C58H38N6/c59-37-38-33-43(35-44(34-38)58-61-56(40-15-4-1-5-16-40)60-57(62-58)41-17-6-2-7-18-41)47-23-14-26-53-55(47)50-22-11-13-25-52(50)63(53)46-30-27-39(28-31-46)42-29-32-49-48-21-10-12-24-51(48)64(54(49)36-42)45-19-8-3-9-20-45/h1-10,12,14-36H,11,13H2. The summed E-state index contributed by atoms with van der Waals surface area (Å²) in [5.41, 5.74) is 13.1. The molecule has 0 radical (unpaired) electrons. The van der Waals surface area contributed by atoms with Gasteiger partial charge in [0.25, 0.3) is 0 Å². The molecule has 1 aliphatic carbocycles. The summed E-state index contributed by atoms with van der Waals surface area (Å²) in [5.74, 6) is 1.67. The maximum absolute atomic E-state index is 10.4. The lowest BCUT2D eigenvalue weighted by molar-refractivity contribution is 1.02. The summed E-state index contributed by atoms with van der Waals surface area (Å²) in [5, 5.41) is 16.5. The number of hydrogen-bond donors (Lipinski definition) is 0. The molecule has 0 saturated carbocycles. The third-order valence-corrected chi connectivity index (χ3v) is 12.4. The number of para-hydroxylation sites is 2. The van der Waals surface area contributed by atoms with E-state index in [0.29, 0.717) is 23.0 Å². The largest absolute Gasteiger partial charge is 0.310 e. The zero-order valence-electron chi connectivity index (χ0n) is 34.7. The number of hydrogen-bond acceptors (Lipinski definition) is 4. The maximum atomic E-state index is 10.4. The number of rotatable bonds is 7. The summed E-state index contributed by atoms with van der Waals surface area (Å²) in [6.07, 6.45) is 6.65. The Morgan fingerprint density at radius 1 is 0.406 bits per heavy atom. The van der Waals surface area contributed by atoms with Crippen LogP contribution in [-0.4, -0.2) is 24.1 Å². The first-order valence-corrected chi connectivity index (χ1v) is 21.6. The number of benzene rings is 8. The highest BCUT2D eigenvalue weighted by atomic mass is 15.0. The molecule has 0 spiro atoms. The number of nitrogens with zero attached hydrogens (tertiary/aromatic N) is 6. The summed E-state index contributed by atoms with van der Waals surface area (Å²) in [6.45, 7) is 0. The average Bonchev–Trinajstić information content (AvgIpc) is 3.89. The second-order valence-electron chi connectivity index (χ2n) is 16.2. The average molecular weight is 819 g/mol. The summed E-state index contributed by atoms with van der Waals surface area (Å²) in [7, 11) is 0. The number of aromatic nitrogens is 5. The molecule has 300 valence electrons. The monoisotopic (exact) mass is 818 g/mol. The highest BCUT2D eigenvalue weighted by Gasteiger charge is 2.19. The normalized spacial score (nSPS) is 12.2. The first kappa shape index (κ1) is 37.1. The Hall–Kier alpha value is -8.66. The Morgan fingerprint density at radius 2 is 0.984 bits per heavy atom. The lowest BCUT2D eigenvalue weighted by atomic mass is 9.96. The van der Waals surface area contributed by atoms with Crippen LogP contribution in [0, 0.1) is 11.3 Å². The van der Waals surface area contributed by atoms with Gasteiger partial charge in [-0.25, -0.2) is 15.0 Å². The molecule has 8 aromatic carbocycles.